The van der Waals surface area contributed by atoms with Crippen LogP contribution in [0.3, 0.4) is 0 Å². The smallest absolute Gasteiger partial charge is 0.255 e. The molecule has 1 N–H and O–H groups in total. The number of anilines is 1. The second kappa shape index (κ2) is 6.45. The topological polar surface area (TPSA) is 36.8 Å². The molecule has 0 aromatic carbocycles. The molecule has 4 rings (SSSR count). The van der Waals surface area contributed by atoms with Crippen molar-refractivity contribution in [2.45, 2.75) is 39.0 Å². The van der Waals surface area contributed by atoms with Crippen LogP contribution in [0.15, 0.2) is 23.1 Å². The number of aromatic nitrogens is 1. The second-order valence-corrected chi connectivity index (χ2v) is 7.48. The fourth-order valence-corrected chi connectivity index (χ4v) is 4.22. The largest absolute Gasteiger partial charge is 0.369 e. The third kappa shape index (κ3) is 2.95. The van der Waals surface area contributed by atoms with Crippen LogP contribution in [-0.2, 0) is 0 Å². The van der Waals surface area contributed by atoms with Crippen molar-refractivity contribution in [3.63, 3.8) is 0 Å². The lowest BCUT2D eigenvalue weighted by molar-refractivity contribution is 0.526. The first-order valence-corrected chi connectivity index (χ1v) is 9.40. The van der Waals surface area contributed by atoms with Gasteiger partial charge < -0.3 is 10.2 Å². The van der Waals surface area contributed by atoms with E-state index >= 15 is 0 Å². The molecular weight excluding hydrogens is 317 g/mol. The number of halogens is 1. The predicted molar refractivity (Wildman–Crippen MR) is 99.2 cm³/mol. The van der Waals surface area contributed by atoms with Gasteiger partial charge in [-0.25, -0.2) is 4.39 Å². The van der Waals surface area contributed by atoms with Crippen LogP contribution in [0.4, 0.5) is 10.1 Å². The highest BCUT2D eigenvalue weighted by Gasteiger charge is 2.30. The zero-order valence-corrected chi connectivity index (χ0v) is 15.0. The summed E-state index contributed by atoms with van der Waals surface area (Å²) < 4.78 is 16.4. The summed E-state index contributed by atoms with van der Waals surface area (Å²) in [5.74, 6) is 0.785. The summed E-state index contributed by atoms with van der Waals surface area (Å²) in [6.45, 7) is 7.77. The molecule has 2 aromatic heterocycles. The van der Waals surface area contributed by atoms with Crippen molar-refractivity contribution in [3.8, 4) is 0 Å². The van der Waals surface area contributed by atoms with Crippen molar-refractivity contribution in [1.82, 2.24) is 9.72 Å². The number of fused-ring (bicyclic) bond motifs is 1. The van der Waals surface area contributed by atoms with Gasteiger partial charge in [0.15, 0.2) is 5.82 Å². The van der Waals surface area contributed by atoms with Gasteiger partial charge in [0, 0.05) is 19.2 Å². The van der Waals surface area contributed by atoms with Gasteiger partial charge in [-0.15, -0.1) is 0 Å². The van der Waals surface area contributed by atoms with E-state index < -0.39 is 0 Å². The Morgan fingerprint density at radius 1 is 1.28 bits per heavy atom. The monoisotopic (exact) mass is 343 g/mol. The van der Waals surface area contributed by atoms with E-state index in [1.807, 2.05) is 13.0 Å². The van der Waals surface area contributed by atoms with Crippen molar-refractivity contribution < 1.29 is 4.39 Å². The quantitative estimate of drug-likeness (QED) is 0.906. The van der Waals surface area contributed by atoms with E-state index in [0.717, 1.165) is 56.5 Å². The van der Waals surface area contributed by atoms with Gasteiger partial charge in [-0.1, -0.05) is 13.0 Å². The third-order valence-electron chi connectivity index (χ3n) is 5.64. The van der Waals surface area contributed by atoms with Gasteiger partial charge in [0.1, 0.15) is 0 Å². The number of pyridine rings is 2. The van der Waals surface area contributed by atoms with Crippen molar-refractivity contribution in [2.24, 2.45) is 5.92 Å². The van der Waals surface area contributed by atoms with Crippen LogP contribution in [0.1, 0.15) is 43.2 Å². The SMILES string of the molecule is CCNCC1CCN(c2c(F)cn3c(=O)ccc(C4CC4)c3c2C)C1. The lowest BCUT2D eigenvalue weighted by atomic mass is 10.0. The maximum absolute atomic E-state index is 14.9. The van der Waals surface area contributed by atoms with Gasteiger partial charge >= 0.3 is 0 Å². The van der Waals surface area contributed by atoms with Gasteiger partial charge in [-0.05, 0) is 62.2 Å². The Balaban J connectivity index is 1.77. The van der Waals surface area contributed by atoms with Crippen LogP contribution in [0.2, 0.25) is 0 Å². The lowest BCUT2D eigenvalue weighted by Gasteiger charge is -2.24. The predicted octanol–water partition coefficient (Wildman–Crippen LogP) is 3.06. The van der Waals surface area contributed by atoms with Crippen LogP contribution < -0.4 is 15.8 Å². The summed E-state index contributed by atoms with van der Waals surface area (Å²) in [5.41, 5.74) is 3.55. The zero-order chi connectivity index (χ0) is 17.6. The van der Waals surface area contributed by atoms with Crippen molar-refractivity contribution in [3.05, 3.63) is 45.6 Å². The van der Waals surface area contributed by atoms with Crippen LogP contribution in [0, 0.1) is 18.7 Å². The van der Waals surface area contributed by atoms with Gasteiger partial charge in [-0.2, -0.15) is 0 Å². The molecule has 134 valence electrons. The maximum atomic E-state index is 14.9. The van der Waals surface area contributed by atoms with E-state index in [-0.39, 0.29) is 11.4 Å². The number of nitrogens with one attached hydrogen (secondary N) is 1. The molecule has 1 atom stereocenters. The summed E-state index contributed by atoms with van der Waals surface area (Å²) in [6.07, 6.45) is 4.79. The minimum absolute atomic E-state index is 0.153. The molecule has 1 aliphatic heterocycles. The van der Waals surface area contributed by atoms with Gasteiger partial charge in [-0.3, -0.25) is 9.20 Å². The molecule has 0 bridgehead atoms. The minimum Gasteiger partial charge on any atom is -0.369 e. The number of nitrogens with zero attached hydrogens (tertiary/aromatic N) is 2. The molecule has 5 heteroatoms. The highest BCUT2D eigenvalue weighted by molar-refractivity contribution is 5.73. The number of aryl methyl sites for hydroxylation is 1. The molecule has 25 heavy (non-hydrogen) atoms. The fraction of sp³-hybridized carbons (Fsp3) is 0.550. The summed E-state index contributed by atoms with van der Waals surface area (Å²) >= 11 is 0. The van der Waals surface area contributed by atoms with Gasteiger partial charge in [0.25, 0.3) is 5.56 Å². The van der Waals surface area contributed by atoms with Crippen LogP contribution in [0.5, 0.6) is 0 Å². The first kappa shape index (κ1) is 16.6. The fourth-order valence-electron chi connectivity index (χ4n) is 4.22. The molecule has 0 amide bonds. The van der Waals surface area contributed by atoms with E-state index in [4.69, 9.17) is 0 Å². The molecule has 2 aromatic rings. The Morgan fingerprint density at radius 3 is 2.80 bits per heavy atom. The highest BCUT2D eigenvalue weighted by Crippen LogP contribution is 2.43. The molecule has 3 heterocycles. The molecule has 1 saturated carbocycles. The Bertz CT molecular complexity index is 856. The summed E-state index contributed by atoms with van der Waals surface area (Å²) in [4.78, 5) is 14.4. The standard InChI is InChI=1S/C20H26FN3O/c1-3-22-10-14-8-9-23(11-14)20-13(2)19-16(15-4-5-15)6-7-18(25)24(19)12-17(20)21/h6-7,12,14-15,22H,3-5,8-11H2,1-2H3. The van der Waals surface area contributed by atoms with E-state index in [0.29, 0.717) is 17.5 Å². The zero-order valence-electron chi connectivity index (χ0n) is 15.0. The van der Waals surface area contributed by atoms with E-state index in [2.05, 4.69) is 17.1 Å². The van der Waals surface area contributed by atoms with Crippen molar-refractivity contribution in [1.29, 1.82) is 0 Å². The Morgan fingerprint density at radius 2 is 2.08 bits per heavy atom. The average molecular weight is 343 g/mol. The Kier molecular flexibility index (Phi) is 4.28. The summed E-state index contributed by atoms with van der Waals surface area (Å²) in [7, 11) is 0. The molecule has 0 spiro atoms. The first-order valence-electron chi connectivity index (χ1n) is 9.40. The van der Waals surface area contributed by atoms with E-state index in [1.54, 1.807) is 6.07 Å². The molecule has 0 radical (unpaired) electrons. The van der Waals surface area contributed by atoms with Gasteiger partial charge in [0.2, 0.25) is 0 Å². The van der Waals surface area contributed by atoms with E-state index in [1.165, 1.54) is 16.2 Å². The maximum Gasteiger partial charge on any atom is 0.255 e. The molecule has 2 fully saturated rings. The van der Waals surface area contributed by atoms with Crippen LogP contribution in [0.25, 0.3) is 5.52 Å². The third-order valence-corrected chi connectivity index (χ3v) is 5.64. The number of hydrogen-bond donors (Lipinski definition) is 1. The molecule has 4 nitrogen and oxygen atoms in total. The molecular formula is C20H26FN3O. The average Bonchev–Trinajstić information content (AvgIpc) is 3.33. The number of hydrogen-bond acceptors (Lipinski definition) is 3. The molecule has 1 aliphatic carbocycles. The number of rotatable bonds is 5. The Labute approximate surface area is 147 Å². The van der Waals surface area contributed by atoms with E-state index in [9.17, 15) is 9.18 Å². The molecule has 1 saturated heterocycles. The normalized spacial score (nSPS) is 20.6. The van der Waals surface area contributed by atoms with Gasteiger partial charge in [0.05, 0.1) is 17.4 Å². The Hall–Kier alpha value is -1.88. The lowest BCUT2D eigenvalue weighted by Crippen LogP contribution is -2.27. The van der Waals surface area contributed by atoms with Crippen LogP contribution in [-0.4, -0.2) is 30.6 Å². The van der Waals surface area contributed by atoms with Crippen molar-refractivity contribution in [2.75, 3.05) is 31.1 Å². The minimum atomic E-state index is -0.288. The highest BCUT2D eigenvalue weighted by atomic mass is 19.1. The van der Waals surface area contributed by atoms with Crippen LogP contribution >= 0.6 is 0 Å². The summed E-state index contributed by atoms with van der Waals surface area (Å²) in [6, 6.07) is 3.52. The first-order chi connectivity index (χ1) is 12.1. The van der Waals surface area contributed by atoms with Crippen molar-refractivity contribution >= 4 is 11.2 Å². The molecule has 2 aliphatic rings. The molecule has 1 unspecified atom stereocenters. The second-order valence-electron chi connectivity index (χ2n) is 7.48. The summed E-state index contributed by atoms with van der Waals surface area (Å²) in [5, 5.41) is 3.39.